The zero-order valence-corrected chi connectivity index (χ0v) is 13.6. The van der Waals surface area contributed by atoms with Gasteiger partial charge in [-0.25, -0.2) is 13.1 Å². The Kier molecular flexibility index (Phi) is 6.45. The van der Waals surface area contributed by atoms with Gasteiger partial charge in [0.1, 0.15) is 0 Å². The Morgan fingerprint density at radius 3 is 2.70 bits per heavy atom. The van der Waals surface area contributed by atoms with Crippen molar-refractivity contribution < 1.29 is 8.42 Å². The maximum atomic E-state index is 12.5. The van der Waals surface area contributed by atoms with Gasteiger partial charge in [0, 0.05) is 6.04 Å². The number of piperidine rings is 1. The Hall–Kier alpha value is -0.620. The molecule has 1 aliphatic heterocycles. The molecular weight excluding hydrogens is 296 g/mol. The molecule has 0 aromatic heterocycles. The second-order valence-electron chi connectivity index (χ2n) is 5.16. The number of benzene rings is 1. The van der Waals surface area contributed by atoms with Crippen molar-refractivity contribution in [2.75, 3.05) is 13.1 Å². The summed E-state index contributed by atoms with van der Waals surface area (Å²) in [6.07, 6.45) is 1.56. The van der Waals surface area contributed by atoms with Crippen molar-refractivity contribution in [1.82, 2.24) is 10.0 Å². The Bertz CT molecular complexity index is 534. The second-order valence-corrected chi connectivity index (χ2v) is 6.84. The van der Waals surface area contributed by atoms with Crippen LogP contribution in [0.3, 0.4) is 0 Å². The van der Waals surface area contributed by atoms with E-state index in [1.54, 1.807) is 12.1 Å². The monoisotopic (exact) mass is 318 g/mol. The summed E-state index contributed by atoms with van der Waals surface area (Å²) in [6, 6.07) is 7.24. The van der Waals surface area contributed by atoms with Crippen LogP contribution in [0.1, 0.15) is 25.8 Å². The molecule has 0 saturated carbocycles. The molecule has 20 heavy (non-hydrogen) atoms. The summed E-state index contributed by atoms with van der Waals surface area (Å²) in [5, 5.41) is 3.28. The average Bonchev–Trinajstić information content (AvgIpc) is 2.41. The first-order valence-corrected chi connectivity index (χ1v) is 8.34. The fourth-order valence-corrected chi connectivity index (χ4v) is 4.20. The van der Waals surface area contributed by atoms with Crippen LogP contribution in [0, 0.1) is 5.92 Å². The van der Waals surface area contributed by atoms with Crippen molar-refractivity contribution in [2.45, 2.75) is 37.6 Å². The number of hydrogen-bond acceptors (Lipinski definition) is 3. The quantitative estimate of drug-likeness (QED) is 0.892. The molecule has 1 aromatic carbocycles. The minimum atomic E-state index is -3.41. The summed E-state index contributed by atoms with van der Waals surface area (Å²) in [5.74, 6) is 0.317. The first-order valence-electron chi connectivity index (χ1n) is 6.85. The highest BCUT2D eigenvalue weighted by Gasteiger charge is 2.27. The van der Waals surface area contributed by atoms with Crippen molar-refractivity contribution in [3.05, 3.63) is 29.8 Å². The van der Waals surface area contributed by atoms with Gasteiger partial charge in [-0.2, -0.15) is 0 Å². The number of nitrogens with one attached hydrogen (secondary N) is 2. The molecule has 2 rings (SSSR count). The molecular formula is C14H23ClN2O2S. The zero-order valence-electron chi connectivity index (χ0n) is 11.9. The van der Waals surface area contributed by atoms with Crippen molar-refractivity contribution in [2.24, 2.45) is 5.92 Å². The van der Waals surface area contributed by atoms with Crippen molar-refractivity contribution in [1.29, 1.82) is 0 Å². The fourth-order valence-electron chi connectivity index (χ4n) is 2.51. The van der Waals surface area contributed by atoms with Crippen LogP contribution in [0.15, 0.2) is 29.2 Å². The molecule has 1 aliphatic rings. The number of rotatable bonds is 4. The highest BCUT2D eigenvalue weighted by molar-refractivity contribution is 7.89. The Morgan fingerprint density at radius 2 is 2.05 bits per heavy atom. The van der Waals surface area contributed by atoms with E-state index in [1.807, 2.05) is 19.1 Å². The summed E-state index contributed by atoms with van der Waals surface area (Å²) in [7, 11) is -3.41. The molecule has 114 valence electrons. The summed E-state index contributed by atoms with van der Waals surface area (Å²) >= 11 is 0. The zero-order chi connectivity index (χ0) is 13.9. The number of sulfonamides is 1. The van der Waals surface area contributed by atoms with Crippen LogP contribution in [0.5, 0.6) is 0 Å². The minimum Gasteiger partial charge on any atom is -0.316 e. The second kappa shape index (κ2) is 7.41. The summed E-state index contributed by atoms with van der Waals surface area (Å²) in [5.41, 5.74) is 0.872. The van der Waals surface area contributed by atoms with E-state index in [0.717, 1.165) is 31.5 Å². The molecule has 2 atom stereocenters. The summed E-state index contributed by atoms with van der Waals surface area (Å²) in [4.78, 5) is 0.420. The molecule has 2 N–H and O–H groups in total. The van der Waals surface area contributed by atoms with Crippen LogP contribution in [-0.2, 0) is 16.4 Å². The Morgan fingerprint density at radius 1 is 1.35 bits per heavy atom. The topological polar surface area (TPSA) is 58.2 Å². The minimum absolute atomic E-state index is 0. The van der Waals surface area contributed by atoms with Crippen molar-refractivity contribution in [3.63, 3.8) is 0 Å². The predicted molar refractivity (Wildman–Crippen MR) is 83.8 cm³/mol. The molecule has 1 fully saturated rings. The number of halogens is 1. The lowest BCUT2D eigenvalue weighted by Gasteiger charge is -2.30. The highest BCUT2D eigenvalue weighted by atomic mass is 35.5. The first kappa shape index (κ1) is 17.4. The molecule has 0 amide bonds. The van der Waals surface area contributed by atoms with E-state index in [9.17, 15) is 8.42 Å². The van der Waals surface area contributed by atoms with E-state index in [1.165, 1.54) is 0 Å². The smallest absolute Gasteiger partial charge is 0.241 e. The molecule has 0 aliphatic carbocycles. The van der Waals surface area contributed by atoms with E-state index in [4.69, 9.17) is 0 Å². The Balaban J connectivity index is 0.00000200. The lowest BCUT2D eigenvalue weighted by molar-refractivity contribution is 0.328. The fraction of sp³-hybridized carbons (Fsp3) is 0.571. The van der Waals surface area contributed by atoms with E-state index in [2.05, 4.69) is 17.0 Å². The van der Waals surface area contributed by atoms with Gasteiger partial charge in [0.05, 0.1) is 4.90 Å². The molecule has 0 bridgehead atoms. The van der Waals surface area contributed by atoms with Crippen LogP contribution < -0.4 is 10.0 Å². The van der Waals surface area contributed by atoms with Gasteiger partial charge in [-0.1, -0.05) is 32.0 Å². The molecule has 1 saturated heterocycles. The van der Waals surface area contributed by atoms with E-state index in [0.29, 0.717) is 10.8 Å². The van der Waals surface area contributed by atoms with Gasteiger partial charge in [-0.15, -0.1) is 12.4 Å². The number of hydrogen-bond donors (Lipinski definition) is 2. The van der Waals surface area contributed by atoms with Crippen molar-refractivity contribution >= 4 is 22.4 Å². The third-order valence-electron chi connectivity index (χ3n) is 3.73. The molecule has 1 aromatic rings. The van der Waals surface area contributed by atoms with Crippen LogP contribution in [0.4, 0.5) is 0 Å². The van der Waals surface area contributed by atoms with Crippen LogP contribution in [-0.4, -0.2) is 27.5 Å². The SMILES string of the molecule is CCc1ccccc1S(=O)(=O)NC1CCNCC1C.Cl. The van der Waals surface area contributed by atoms with E-state index in [-0.39, 0.29) is 18.4 Å². The van der Waals surface area contributed by atoms with Crippen molar-refractivity contribution in [3.8, 4) is 0 Å². The molecule has 2 unspecified atom stereocenters. The normalized spacial score (nSPS) is 23.1. The van der Waals surface area contributed by atoms with Gasteiger partial charge in [0.15, 0.2) is 0 Å². The van der Waals surface area contributed by atoms with E-state index >= 15 is 0 Å². The van der Waals surface area contributed by atoms with Crippen LogP contribution >= 0.6 is 12.4 Å². The van der Waals surface area contributed by atoms with Gasteiger partial charge in [-0.05, 0) is 43.5 Å². The summed E-state index contributed by atoms with van der Waals surface area (Å²) < 4.78 is 27.9. The molecule has 4 nitrogen and oxygen atoms in total. The highest BCUT2D eigenvalue weighted by Crippen LogP contribution is 2.19. The third-order valence-corrected chi connectivity index (χ3v) is 5.33. The average molecular weight is 319 g/mol. The maximum Gasteiger partial charge on any atom is 0.241 e. The lowest BCUT2D eigenvalue weighted by atomic mass is 9.97. The van der Waals surface area contributed by atoms with E-state index < -0.39 is 10.0 Å². The molecule has 6 heteroatoms. The van der Waals surface area contributed by atoms with Gasteiger partial charge < -0.3 is 5.32 Å². The summed E-state index contributed by atoms with van der Waals surface area (Å²) in [6.45, 7) is 5.78. The maximum absolute atomic E-state index is 12.5. The lowest BCUT2D eigenvalue weighted by Crippen LogP contribution is -2.48. The largest absolute Gasteiger partial charge is 0.316 e. The van der Waals surface area contributed by atoms with Crippen LogP contribution in [0.25, 0.3) is 0 Å². The third kappa shape index (κ3) is 3.95. The van der Waals surface area contributed by atoms with Crippen LogP contribution in [0.2, 0.25) is 0 Å². The predicted octanol–water partition coefficient (Wildman–Crippen LogP) is 1.95. The standard InChI is InChI=1S/C14H22N2O2S.ClH/c1-3-12-6-4-5-7-14(12)19(17,18)16-13-8-9-15-10-11(13)2;/h4-7,11,13,15-16H,3,8-10H2,1-2H3;1H. The molecule has 0 spiro atoms. The van der Waals surface area contributed by atoms with Gasteiger partial charge in [0.2, 0.25) is 10.0 Å². The van der Waals surface area contributed by atoms with Gasteiger partial charge in [0.25, 0.3) is 0 Å². The van der Waals surface area contributed by atoms with Gasteiger partial charge in [-0.3, -0.25) is 0 Å². The van der Waals surface area contributed by atoms with Gasteiger partial charge >= 0.3 is 0 Å². The molecule has 0 radical (unpaired) electrons. The molecule has 1 heterocycles. The number of aryl methyl sites for hydroxylation is 1. The first-order chi connectivity index (χ1) is 9.04. The Labute approximate surface area is 127 Å².